The van der Waals surface area contributed by atoms with Gasteiger partial charge >= 0.3 is 0 Å². The van der Waals surface area contributed by atoms with E-state index in [0.29, 0.717) is 15.7 Å². The third-order valence-electron chi connectivity index (χ3n) is 2.40. The molecule has 0 spiro atoms. The fourth-order valence-corrected chi connectivity index (χ4v) is 2.04. The molecule has 0 aliphatic rings. The third kappa shape index (κ3) is 2.29. The summed E-state index contributed by atoms with van der Waals surface area (Å²) in [5, 5.41) is 4.20. The maximum Gasteiger partial charge on any atom is 0.212 e. The molecule has 0 radical (unpaired) electrons. The van der Waals surface area contributed by atoms with Crippen molar-refractivity contribution in [2.75, 3.05) is 0 Å². The van der Waals surface area contributed by atoms with Crippen LogP contribution in [0.25, 0.3) is 0 Å². The summed E-state index contributed by atoms with van der Waals surface area (Å²) < 4.78 is 2.43. The molecule has 0 fully saturated rings. The molecule has 0 aliphatic carbocycles. The number of rotatable bonds is 3. The predicted molar refractivity (Wildman–Crippen MR) is 68.0 cm³/mol. The highest BCUT2D eigenvalue weighted by Gasteiger charge is 2.19. The normalized spacial score (nSPS) is 10.8. The van der Waals surface area contributed by atoms with Crippen LogP contribution in [0.15, 0.2) is 35.2 Å². The van der Waals surface area contributed by atoms with Crippen molar-refractivity contribution in [3.05, 3.63) is 46.5 Å². The van der Waals surface area contributed by atoms with E-state index < -0.39 is 0 Å². The minimum absolute atomic E-state index is 0.0505. The van der Waals surface area contributed by atoms with Crippen molar-refractivity contribution in [2.45, 2.75) is 19.9 Å². The molecular weight excluding hydrogens is 282 g/mol. The van der Waals surface area contributed by atoms with Crippen LogP contribution in [0.3, 0.4) is 0 Å². The Morgan fingerprint density at radius 2 is 2.00 bits per heavy atom. The Kier molecular flexibility index (Phi) is 3.38. The number of ketones is 1. The Morgan fingerprint density at radius 3 is 2.59 bits per heavy atom. The maximum absolute atomic E-state index is 12.3. The van der Waals surface area contributed by atoms with Crippen LogP contribution in [0.4, 0.5) is 0 Å². The van der Waals surface area contributed by atoms with Crippen molar-refractivity contribution in [3.8, 4) is 0 Å². The monoisotopic (exact) mass is 293 g/mol. The molecule has 88 valence electrons. The summed E-state index contributed by atoms with van der Waals surface area (Å²) >= 11 is 3.36. The smallest absolute Gasteiger partial charge is 0.212 e. The van der Waals surface area contributed by atoms with Gasteiger partial charge in [0.05, 0.1) is 10.7 Å². The average molecular weight is 294 g/mol. The molecule has 0 unspecified atom stereocenters. The highest BCUT2D eigenvalue weighted by Crippen LogP contribution is 2.22. The van der Waals surface area contributed by atoms with Gasteiger partial charge in [0.15, 0.2) is 0 Å². The van der Waals surface area contributed by atoms with Gasteiger partial charge in [0.2, 0.25) is 5.78 Å². The fraction of sp³-hybridized carbons (Fsp3) is 0.250. The molecule has 2 aromatic heterocycles. The topological polar surface area (TPSA) is 47.8 Å². The summed E-state index contributed by atoms with van der Waals surface area (Å²) in [6.45, 7) is 3.98. The van der Waals surface area contributed by atoms with E-state index in [1.807, 2.05) is 13.8 Å². The lowest BCUT2D eigenvalue weighted by Crippen LogP contribution is -2.13. The van der Waals surface area contributed by atoms with Crippen LogP contribution in [0, 0.1) is 0 Å². The number of carbonyl (C=O) groups is 1. The van der Waals surface area contributed by atoms with Crippen LogP contribution in [0.2, 0.25) is 0 Å². The van der Waals surface area contributed by atoms with Crippen LogP contribution < -0.4 is 0 Å². The van der Waals surface area contributed by atoms with Crippen molar-refractivity contribution >= 4 is 21.7 Å². The van der Waals surface area contributed by atoms with Gasteiger partial charge in [0.25, 0.3) is 0 Å². The highest BCUT2D eigenvalue weighted by molar-refractivity contribution is 9.10. The first-order valence-corrected chi connectivity index (χ1v) is 6.08. The summed E-state index contributed by atoms with van der Waals surface area (Å²) in [6.07, 6.45) is 4.86. The van der Waals surface area contributed by atoms with Gasteiger partial charge in [-0.1, -0.05) is 0 Å². The van der Waals surface area contributed by atoms with Gasteiger partial charge in [-0.15, -0.1) is 0 Å². The Bertz CT molecular complexity index is 534. The zero-order valence-electron chi connectivity index (χ0n) is 9.59. The zero-order chi connectivity index (χ0) is 12.4. The average Bonchev–Trinajstić information content (AvgIpc) is 2.71. The maximum atomic E-state index is 12.3. The molecule has 2 aromatic rings. The van der Waals surface area contributed by atoms with Crippen molar-refractivity contribution < 1.29 is 4.79 Å². The number of halogens is 1. The van der Waals surface area contributed by atoms with E-state index in [4.69, 9.17) is 0 Å². The molecule has 0 aromatic carbocycles. The molecule has 0 aliphatic heterocycles. The first-order chi connectivity index (χ1) is 8.11. The van der Waals surface area contributed by atoms with E-state index >= 15 is 0 Å². The number of hydrogen-bond donors (Lipinski definition) is 0. The van der Waals surface area contributed by atoms with Gasteiger partial charge in [-0.3, -0.25) is 14.5 Å². The van der Waals surface area contributed by atoms with Gasteiger partial charge in [0, 0.05) is 24.0 Å². The van der Waals surface area contributed by atoms with Crippen LogP contribution >= 0.6 is 15.9 Å². The largest absolute Gasteiger partial charge is 0.287 e. The molecule has 0 saturated heterocycles. The molecular formula is C12H12BrN3O. The fourth-order valence-electron chi connectivity index (χ4n) is 1.59. The molecule has 0 saturated carbocycles. The van der Waals surface area contributed by atoms with Crippen molar-refractivity contribution in [1.29, 1.82) is 0 Å². The molecule has 0 atom stereocenters. The standard InChI is InChI=1S/C12H12BrN3O/c1-8(2)16-11(10(13)7-15-16)12(17)9-3-5-14-6-4-9/h3-8H,1-2H3. The number of hydrogen-bond acceptors (Lipinski definition) is 3. The number of pyridine rings is 1. The quantitative estimate of drug-likeness (QED) is 0.818. The lowest BCUT2D eigenvalue weighted by molar-refractivity contribution is 0.102. The molecule has 5 heteroatoms. The third-order valence-corrected chi connectivity index (χ3v) is 2.98. The van der Waals surface area contributed by atoms with Crippen LogP contribution in [0.5, 0.6) is 0 Å². The zero-order valence-corrected chi connectivity index (χ0v) is 11.2. The van der Waals surface area contributed by atoms with E-state index in [9.17, 15) is 4.79 Å². The highest BCUT2D eigenvalue weighted by atomic mass is 79.9. The van der Waals surface area contributed by atoms with E-state index in [-0.39, 0.29) is 11.8 Å². The Morgan fingerprint density at radius 1 is 1.35 bits per heavy atom. The minimum atomic E-state index is -0.0505. The van der Waals surface area contributed by atoms with Crippen molar-refractivity contribution in [3.63, 3.8) is 0 Å². The van der Waals surface area contributed by atoms with Crippen molar-refractivity contribution in [1.82, 2.24) is 14.8 Å². The Balaban J connectivity index is 2.48. The van der Waals surface area contributed by atoms with Gasteiger partial charge in [-0.25, -0.2) is 0 Å². The van der Waals surface area contributed by atoms with Gasteiger partial charge in [-0.2, -0.15) is 5.10 Å². The molecule has 0 N–H and O–H groups in total. The van der Waals surface area contributed by atoms with Crippen LogP contribution in [-0.4, -0.2) is 20.5 Å². The van der Waals surface area contributed by atoms with Gasteiger partial charge < -0.3 is 0 Å². The molecule has 0 bridgehead atoms. The first kappa shape index (κ1) is 12.0. The lowest BCUT2D eigenvalue weighted by atomic mass is 10.1. The summed E-state index contributed by atoms with van der Waals surface area (Å²) in [5.74, 6) is -0.0505. The predicted octanol–water partition coefficient (Wildman–Crippen LogP) is 2.85. The summed E-state index contributed by atoms with van der Waals surface area (Å²) in [7, 11) is 0. The second-order valence-corrected chi connectivity index (χ2v) is 4.80. The van der Waals surface area contributed by atoms with E-state index in [1.165, 1.54) is 0 Å². The Labute approximate surface area is 108 Å². The van der Waals surface area contributed by atoms with E-state index in [1.54, 1.807) is 35.4 Å². The van der Waals surface area contributed by atoms with Crippen LogP contribution in [-0.2, 0) is 0 Å². The molecule has 2 rings (SSSR count). The molecule has 0 amide bonds. The van der Waals surface area contributed by atoms with Crippen LogP contribution in [0.1, 0.15) is 35.9 Å². The SMILES string of the molecule is CC(C)n1ncc(Br)c1C(=O)c1ccncc1. The van der Waals surface area contributed by atoms with Gasteiger partial charge in [-0.05, 0) is 41.9 Å². The summed E-state index contributed by atoms with van der Waals surface area (Å²) in [4.78, 5) is 16.2. The van der Waals surface area contributed by atoms with E-state index in [0.717, 1.165) is 0 Å². The second-order valence-electron chi connectivity index (χ2n) is 3.94. The first-order valence-electron chi connectivity index (χ1n) is 5.29. The second kappa shape index (κ2) is 4.79. The summed E-state index contributed by atoms with van der Waals surface area (Å²) in [6, 6.07) is 3.54. The van der Waals surface area contributed by atoms with Gasteiger partial charge in [0.1, 0.15) is 5.69 Å². The molecule has 2 heterocycles. The number of aromatic nitrogens is 3. The minimum Gasteiger partial charge on any atom is -0.287 e. The Hall–Kier alpha value is -1.49. The van der Waals surface area contributed by atoms with Crippen molar-refractivity contribution in [2.24, 2.45) is 0 Å². The van der Waals surface area contributed by atoms with E-state index in [2.05, 4.69) is 26.0 Å². The number of carbonyl (C=O) groups excluding carboxylic acids is 1. The number of nitrogens with zero attached hydrogens (tertiary/aromatic N) is 3. The molecule has 17 heavy (non-hydrogen) atoms. The summed E-state index contributed by atoms with van der Waals surface area (Å²) in [5.41, 5.74) is 1.19. The molecule has 4 nitrogen and oxygen atoms in total. The lowest BCUT2D eigenvalue weighted by Gasteiger charge is -2.10.